The van der Waals surface area contributed by atoms with Crippen molar-refractivity contribution in [2.75, 3.05) is 13.2 Å². The molecule has 2 N–H and O–H groups in total. The molecule has 4 heteroatoms. The van der Waals surface area contributed by atoms with E-state index in [-0.39, 0.29) is 19.0 Å². The summed E-state index contributed by atoms with van der Waals surface area (Å²) in [4.78, 5) is 0. The van der Waals surface area contributed by atoms with Gasteiger partial charge in [-0.3, -0.25) is 0 Å². The fourth-order valence-corrected chi connectivity index (χ4v) is 2.67. The van der Waals surface area contributed by atoms with Crippen LogP contribution in [0.5, 0.6) is 5.75 Å². The Balaban J connectivity index is 0.00000288. The molecule has 132 valence electrons. The van der Waals surface area contributed by atoms with Crippen molar-refractivity contribution < 1.29 is 9.84 Å². The van der Waals surface area contributed by atoms with Gasteiger partial charge in [0.15, 0.2) is 0 Å². The van der Waals surface area contributed by atoms with Crippen molar-refractivity contribution in [2.24, 2.45) is 0 Å². The Morgan fingerprint density at radius 1 is 1.08 bits per heavy atom. The van der Waals surface area contributed by atoms with Crippen LogP contribution >= 0.6 is 12.4 Å². The Morgan fingerprint density at radius 2 is 1.83 bits per heavy atom. The monoisotopic (exact) mass is 349 g/mol. The number of rotatable bonds is 8. The van der Waals surface area contributed by atoms with Crippen LogP contribution in [0, 0.1) is 13.8 Å². The number of benzene rings is 2. The molecule has 2 aromatic rings. The van der Waals surface area contributed by atoms with Crippen molar-refractivity contribution >= 4 is 12.4 Å². The normalized spacial score (nSPS) is 11.7. The van der Waals surface area contributed by atoms with E-state index in [4.69, 9.17) is 4.74 Å². The molecule has 0 aliphatic rings. The predicted molar refractivity (Wildman–Crippen MR) is 102 cm³/mol. The zero-order valence-corrected chi connectivity index (χ0v) is 15.5. The third-order valence-corrected chi connectivity index (χ3v) is 4.07. The molecule has 0 aliphatic heterocycles. The predicted octanol–water partition coefficient (Wildman–Crippen LogP) is 3.82. The van der Waals surface area contributed by atoms with Crippen LogP contribution in [0.25, 0.3) is 0 Å². The molecule has 2 rings (SSSR count). The van der Waals surface area contributed by atoms with E-state index in [0.717, 1.165) is 29.8 Å². The van der Waals surface area contributed by atoms with Gasteiger partial charge in [-0.1, -0.05) is 36.4 Å². The van der Waals surface area contributed by atoms with Crippen molar-refractivity contribution in [3.05, 3.63) is 64.7 Å². The Labute approximate surface area is 151 Å². The summed E-state index contributed by atoms with van der Waals surface area (Å²) in [6, 6.07) is 14.7. The molecule has 1 atom stereocenters. The van der Waals surface area contributed by atoms with Gasteiger partial charge >= 0.3 is 0 Å². The summed E-state index contributed by atoms with van der Waals surface area (Å²) in [5.41, 5.74) is 4.61. The lowest BCUT2D eigenvalue weighted by Gasteiger charge is -2.16. The molecule has 0 radical (unpaired) electrons. The maximum atomic E-state index is 9.22. The van der Waals surface area contributed by atoms with Crippen molar-refractivity contribution in [1.82, 2.24) is 5.32 Å². The molecule has 3 nitrogen and oxygen atoms in total. The second-order valence-corrected chi connectivity index (χ2v) is 6.09. The lowest BCUT2D eigenvalue weighted by molar-refractivity contribution is 0.281. The lowest BCUT2D eigenvalue weighted by atomic mass is 10.0. The van der Waals surface area contributed by atoms with Gasteiger partial charge in [-0.25, -0.2) is 0 Å². The molecule has 0 amide bonds. The summed E-state index contributed by atoms with van der Waals surface area (Å²) in [5.74, 6) is 0.956. The summed E-state index contributed by atoms with van der Waals surface area (Å²) in [6.45, 7) is 7.88. The minimum atomic E-state index is 0. The van der Waals surface area contributed by atoms with Crippen LogP contribution in [0.3, 0.4) is 0 Å². The number of aryl methyl sites for hydroxylation is 2. The zero-order valence-electron chi connectivity index (χ0n) is 14.7. The molecule has 0 spiro atoms. The van der Waals surface area contributed by atoms with Crippen LogP contribution in [0.15, 0.2) is 42.5 Å². The summed E-state index contributed by atoms with van der Waals surface area (Å²) < 4.78 is 5.80. The minimum absolute atomic E-state index is 0. The smallest absolute Gasteiger partial charge is 0.122 e. The SMILES string of the molecule is Cc1cc(C[C@@H](C)NCCOc2ccccc2C)ccc1CO.Cl. The third kappa shape index (κ3) is 6.16. The van der Waals surface area contributed by atoms with Crippen LogP contribution in [0.2, 0.25) is 0 Å². The fourth-order valence-electron chi connectivity index (χ4n) is 2.67. The van der Waals surface area contributed by atoms with Gasteiger partial charge in [-0.05, 0) is 55.5 Å². The highest BCUT2D eigenvalue weighted by Gasteiger charge is 2.05. The minimum Gasteiger partial charge on any atom is -0.492 e. The number of hydrogen-bond donors (Lipinski definition) is 2. The second kappa shape index (κ2) is 10.3. The second-order valence-electron chi connectivity index (χ2n) is 6.09. The molecule has 0 fully saturated rings. The third-order valence-electron chi connectivity index (χ3n) is 4.07. The fraction of sp³-hybridized carbons (Fsp3) is 0.400. The van der Waals surface area contributed by atoms with Crippen LogP contribution in [-0.2, 0) is 13.0 Å². The first-order valence-corrected chi connectivity index (χ1v) is 8.21. The average molecular weight is 350 g/mol. The zero-order chi connectivity index (χ0) is 16.7. The number of aliphatic hydroxyl groups excluding tert-OH is 1. The topological polar surface area (TPSA) is 41.5 Å². The van der Waals surface area contributed by atoms with Crippen molar-refractivity contribution in [3.63, 3.8) is 0 Å². The summed E-state index contributed by atoms with van der Waals surface area (Å²) in [5, 5.41) is 12.7. The van der Waals surface area contributed by atoms with Crippen LogP contribution in [0.1, 0.15) is 29.2 Å². The first kappa shape index (κ1) is 20.5. The number of para-hydroxylation sites is 1. The first-order chi connectivity index (χ1) is 11.1. The Kier molecular flexibility index (Phi) is 8.83. The number of aliphatic hydroxyl groups is 1. The van der Waals surface area contributed by atoms with Crippen molar-refractivity contribution in [2.45, 2.75) is 39.8 Å². The van der Waals surface area contributed by atoms with E-state index in [1.165, 1.54) is 11.1 Å². The van der Waals surface area contributed by atoms with Crippen LogP contribution < -0.4 is 10.1 Å². The maximum Gasteiger partial charge on any atom is 0.122 e. The van der Waals surface area contributed by atoms with E-state index in [2.05, 4.69) is 37.4 Å². The standard InChI is InChI=1S/C20H27NO2.ClH/c1-15-6-4-5-7-20(15)23-11-10-21-17(3)13-18-8-9-19(14-22)16(2)12-18;/h4-9,12,17,21-22H,10-11,13-14H2,1-3H3;1H/t17-;/m1./s1. The van der Waals surface area contributed by atoms with E-state index in [1.54, 1.807) is 0 Å². The summed E-state index contributed by atoms with van der Waals surface area (Å²) >= 11 is 0. The molecule has 0 heterocycles. The van der Waals surface area contributed by atoms with Crippen molar-refractivity contribution in [1.29, 1.82) is 0 Å². The van der Waals surface area contributed by atoms with Gasteiger partial charge < -0.3 is 15.2 Å². The number of hydrogen-bond acceptors (Lipinski definition) is 3. The van der Waals surface area contributed by atoms with Crippen LogP contribution in [0.4, 0.5) is 0 Å². The average Bonchev–Trinajstić information content (AvgIpc) is 2.53. The van der Waals surface area contributed by atoms with Gasteiger partial charge in [-0.15, -0.1) is 12.4 Å². The van der Waals surface area contributed by atoms with Gasteiger partial charge in [0.1, 0.15) is 12.4 Å². The summed E-state index contributed by atoms with van der Waals surface area (Å²) in [7, 11) is 0. The van der Waals surface area contributed by atoms with E-state index in [0.29, 0.717) is 12.6 Å². The van der Waals surface area contributed by atoms with Gasteiger partial charge in [0.25, 0.3) is 0 Å². The number of halogens is 1. The Morgan fingerprint density at radius 3 is 2.50 bits per heavy atom. The molecule has 0 unspecified atom stereocenters. The molecular formula is C20H28ClNO2. The lowest BCUT2D eigenvalue weighted by Crippen LogP contribution is -2.31. The molecule has 0 saturated carbocycles. The van der Waals surface area contributed by atoms with E-state index in [9.17, 15) is 5.11 Å². The molecule has 0 saturated heterocycles. The number of ether oxygens (including phenoxy) is 1. The quantitative estimate of drug-likeness (QED) is 0.712. The highest BCUT2D eigenvalue weighted by atomic mass is 35.5. The molecule has 24 heavy (non-hydrogen) atoms. The summed E-state index contributed by atoms with van der Waals surface area (Å²) in [6.07, 6.45) is 0.969. The molecule has 2 aromatic carbocycles. The van der Waals surface area contributed by atoms with E-state index >= 15 is 0 Å². The highest BCUT2D eigenvalue weighted by molar-refractivity contribution is 5.85. The Bertz CT molecular complexity index is 631. The van der Waals surface area contributed by atoms with Gasteiger partial charge in [-0.2, -0.15) is 0 Å². The van der Waals surface area contributed by atoms with Gasteiger partial charge in [0.05, 0.1) is 6.61 Å². The van der Waals surface area contributed by atoms with E-state index < -0.39 is 0 Å². The first-order valence-electron chi connectivity index (χ1n) is 8.21. The molecular weight excluding hydrogens is 322 g/mol. The van der Waals surface area contributed by atoms with Crippen molar-refractivity contribution in [3.8, 4) is 5.75 Å². The highest BCUT2D eigenvalue weighted by Crippen LogP contribution is 2.16. The Hall–Kier alpha value is -1.55. The molecule has 0 aromatic heterocycles. The van der Waals surface area contributed by atoms with E-state index in [1.807, 2.05) is 31.2 Å². The van der Waals surface area contributed by atoms with Gasteiger partial charge in [0, 0.05) is 12.6 Å². The van der Waals surface area contributed by atoms with Gasteiger partial charge in [0.2, 0.25) is 0 Å². The molecule has 0 bridgehead atoms. The number of nitrogens with one attached hydrogen (secondary N) is 1. The molecule has 0 aliphatic carbocycles. The maximum absolute atomic E-state index is 9.22. The largest absolute Gasteiger partial charge is 0.492 e. The van der Waals surface area contributed by atoms with Crippen LogP contribution in [-0.4, -0.2) is 24.3 Å².